The number of carbonyl (C=O) groups is 2. The average molecular weight is 361 g/mol. The van der Waals surface area contributed by atoms with Gasteiger partial charge in [-0.1, -0.05) is 23.7 Å². The van der Waals surface area contributed by atoms with Crippen molar-refractivity contribution in [3.63, 3.8) is 0 Å². The standard InChI is InChI=1S/C19H18ClFN2O2/c20-16-5-1-2-6-17(16)22-18(24)14-4-3-11-23(12-14)19(25)13-7-9-15(21)10-8-13/h1-2,5-10,14H,3-4,11-12H2,(H,22,24)/t14-/m0/s1. The zero-order valence-electron chi connectivity index (χ0n) is 13.5. The summed E-state index contributed by atoms with van der Waals surface area (Å²) in [4.78, 5) is 26.7. The molecule has 3 rings (SSSR count). The van der Waals surface area contributed by atoms with Crippen LogP contribution in [-0.4, -0.2) is 29.8 Å². The lowest BCUT2D eigenvalue weighted by atomic mass is 9.96. The molecule has 2 amide bonds. The van der Waals surface area contributed by atoms with Gasteiger partial charge in [-0.25, -0.2) is 4.39 Å². The maximum atomic E-state index is 13.0. The zero-order chi connectivity index (χ0) is 17.8. The monoisotopic (exact) mass is 360 g/mol. The molecule has 0 aliphatic carbocycles. The van der Waals surface area contributed by atoms with Crippen LogP contribution in [0.2, 0.25) is 5.02 Å². The van der Waals surface area contributed by atoms with Crippen molar-refractivity contribution in [3.05, 3.63) is 64.9 Å². The van der Waals surface area contributed by atoms with Crippen molar-refractivity contribution in [1.82, 2.24) is 4.90 Å². The van der Waals surface area contributed by atoms with Gasteiger partial charge < -0.3 is 10.2 Å². The molecule has 4 nitrogen and oxygen atoms in total. The van der Waals surface area contributed by atoms with E-state index in [-0.39, 0.29) is 23.5 Å². The van der Waals surface area contributed by atoms with Gasteiger partial charge in [-0.3, -0.25) is 9.59 Å². The van der Waals surface area contributed by atoms with Crippen molar-refractivity contribution in [2.75, 3.05) is 18.4 Å². The predicted octanol–water partition coefficient (Wildman–Crippen LogP) is 3.97. The fourth-order valence-corrected chi connectivity index (χ4v) is 3.13. The summed E-state index contributed by atoms with van der Waals surface area (Å²) in [6.07, 6.45) is 1.46. The molecule has 1 fully saturated rings. The van der Waals surface area contributed by atoms with E-state index in [0.717, 1.165) is 6.42 Å². The van der Waals surface area contributed by atoms with E-state index in [4.69, 9.17) is 11.6 Å². The van der Waals surface area contributed by atoms with Crippen LogP contribution in [0.5, 0.6) is 0 Å². The molecule has 0 bridgehead atoms. The van der Waals surface area contributed by atoms with Crippen molar-refractivity contribution in [2.45, 2.75) is 12.8 Å². The number of piperidine rings is 1. The molecule has 0 radical (unpaired) electrons. The van der Waals surface area contributed by atoms with E-state index in [1.54, 1.807) is 29.2 Å². The molecule has 1 saturated heterocycles. The van der Waals surface area contributed by atoms with Gasteiger partial charge in [-0.05, 0) is 49.2 Å². The molecule has 0 saturated carbocycles. The Morgan fingerprint density at radius 1 is 1.12 bits per heavy atom. The molecule has 1 heterocycles. The summed E-state index contributed by atoms with van der Waals surface area (Å²) in [5, 5.41) is 3.31. The fraction of sp³-hybridized carbons (Fsp3) is 0.263. The van der Waals surface area contributed by atoms with Crippen LogP contribution in [-0.2, 0) is 4.79 Å². The van der Waals surface area contributed by atoms with Gasteiger partial charge in [0.05, 0.1) is 16.6 Å². The highest BCUT2D eigenvalue weighted by molar-refractivity contribution is 6.33. The van der Waals surface area contributed by atoms with Crippen molar-refractivity contribution < 1.29 is 14.0 Å². The first kappa shape index (κ1) is 17.4. The van der Waals surface area contributed by atoms with Gasteiger partial charge in [-0.15, -0.1) is 0 Å². The van der Waals surface area contributed by atoms with Gasteiger partial charge in [0.15, 0.2) is 0 Å². The number of halogens is 2. The third kappa shape index (κ3) is 4.17. The number of anilines is 1. The molecule has 2 aromatic carbocycles. The van der Waals surface area contributed by atoms with Crippen molar-refractivity contribution in [1.29, 1.82) is 0 Å². The number of hydrogen-bond acceptors (Lipinski definition) is 2. The summed E-state index contributed by atoms with van der Waals surface area (Å²) in [5.74, 6) is -1.01. The van der Waals surface area contributed by atoms with E-state index in [2.05, 4.69) is 5.32 Å². The van der Waals surface area contributed by atoms with Crippen LogP contribution >= 0.6 is 11.6 Å². The number of likely N-dealkylation sites (tertiary alicyclic amines) is 1. The number of rotatable bonds is 3. The molecular formula is C19H18ClFN2O2. The second-order valence-corrected chi connectivity index (χ2v) is 6.47. The van der Waals surface area contributed by atoms with E-state index in [1.807, 2.05) is 0 Å². The third-order valence-electron chi connectivity index (χ3n) is 4.30. The minimum absolute atomic E-state index is 0.148. The molecular weight excluding hydrogens is 343 g/mol. The van der Waals surface area contributed by atoms with Crippen LogP contribution < -0.4 is 5.32 Å². The van der Waals surface area contributed by atoms with Crippen molar-refractivity contribution in [3.8, 4) is 0 Å². The van der Waals surface area contributed by atoms with Crippen LogP contribution in [0.15, 0.2) is 48.5 Å². The Hall–Kier alpha value is -2.40. The maximum Gasteiger partial charge on any atom is 0.253 e. The second-order valence-electron chi connectivity index (χ2n) is 6.07. The van der Waals surface area contributed by atoms with E-state index >= 15 is 0 Å². The summed E-state index contributed by atoms with van der Waals surface area (Å²) in [6.45, 7) is 0.929. The molecule has 1 aliphatic rings. The third-order valence-corrected chi connectivity index (χ3v) is 4.63. The van der Waals surface area contributed by atoms with Crippen molar-refractivity contribution in [2.24, 2.45) is 5.92 Å². The number of hydrogen-bond donors (Lipinski definition) is 1. The van der Waals surface area contributed by atoms with Crippen LogP contribution in [0.3, 0.4) is 0 Å². The van der Waals surface area contributed by atoms with Gasteiger partial charge in [0.1, 0.15) is 5.82 Å². The van der Waals surface area contributed by atoms with Gasteiger partial charge in [0.2, 0.25) is 5.91 Å². The van der Waals surface area contributed by atoms with E-state index in [1.165, 1.54) is 24.3 Å². The first-order valence-electron chi connectivity index (χ1n) is 8.15. The lowest BCUT2D eigenvalue weighted by molar-refractivity contribution is -0.121. The van der Waals surface area contributed by atoms with E-state index in [0.29, 0.717) is 35.8 Å². The Labute approximate surface area is 150 Å². The lowest BCUT2D eigenvalue weighted by Crippen LogP contribution is -2.43. The van der Waals surface area contributed by atoms with Gasteiger partial charge >= 0.3 is 0 Å². The predicted molar refractivity (Wildman–Crippen MR) is 95.1 cm³/mol. The molecule has 1 N–H and O–H groups in total. The molecule has 25 heavy (non-hydrogen) atoms. The van der Waals surface area contributed by atoms with E-state index in [9.17, 15) is 14.0 Å². The molecule has 2 aromatic rings. The first-order valence-corrected chi connectivity index (χ1v) is 8.52. The van der Waals surface area contributed by atoms with Crippen molar-refractivity contribution >= 4 is 29.1 Å². The summed E-state index contributed by atoms with van der Waals surface area (Å²) in [5.41, 5.74) is 0.990. The Kier molecular flexibility index (Phi) is 5.34. The largest absolute Gasteiger partial charge is 0.338 e. The van der Waals surface area contributed by atoms with Gasteiger partial charge in [0.25, 0.3) is 5.91 Å². The summed E-state index contributed by atoms with van der Waals surface area (Å²) in [6, 6.07) is 12.5. The highest BCUT2D eigenvalue weighted by Gasteiger charge is 2.29. The smallest absolute Gasteiger partial charge is 0.253 e. The molecule has 0 spiro atoms. The molecule has 6 heteroatoms. The molecule has 0 unspecified atom stereocenters. The number of amides is 2. The summed E-state index contributed by atoms with van der Waals surface area (Å²) >= 11 is 6.07. The summed E-state index contributed by atoms with van der Waals surface area (Å²) in [7, 11) is 0. The normalized spacial score (nSPS) is 17.2. The van der Waals surface area contributed by atoms with Gasteiger partial charge in [-0.2, -0.15) is 0 Å². The number of nitrogens with zero attached hydrogens (tertiary/aromatic N) is 1. The number of benzene rings is 2. The van der Waals surface area contributed by atoms with E-state index < -0.39 is 0 Å². The molecule has 130 valence electrons. The topological polar surface area (TPSA) is 49.4 Å². The SMILES string of the molecule is O=C(Nc1ccccc1Cl)[C@H]1CCCN(C(=O)c2ccc(F)cc2)C1. The highest BCUT2D eigenvalue weighted by atomic mass is 35.5. The molecule has 1 aliphatic heterocycles. The minimum atomic E-state index is -0.382. The summed E-state index contributed by atoms with van der Waals surface area (Å²) < 4.78 is 13.0. The quantitative estimate of drug-likeness (QED) is 0.900. The maximum absolute atomic E-state index is 13.0. The van der Waals surface area contributed by atoms with Crippen LogP contribution in [0, 0.1) is 11.7 Å². The Morgan fingerprint density at radius 2 is 1.84 bits per heavy atom. The Balaban J connectivity index is 1.66. The lowest BCUT2D eigenvalue weighted by Gasteiger charge is -2.32. The van der Waals surface area contributed by atoms with Gasteiger partial charge in [0, 0.05) is 18.7 Å². The Morgan fingerprint density at radius 3 is 2.56 bits per heavy atom. The first-order chi connectivity index (χ1) is 12.0. The Bertz CT molecular complexity index is 779. The minimum Gasteiger partial charge on any atom is -0.338 e. The van der Waals surface area contributed by atoms with Crippen LogP contribution in [0.25, 0.3) is 0 Å². The van der Waals surface area contributed by atoms with Crippen LogP contribution in [0.4, 0.5) is 10.1 Å². The second kappa shape index (κ2) is 7.66. The number of para-hydroxylation sites is 1. The average Bonchev–Trinajstić information content (AvgIpc) is 2.64. The molecule has 0 aromatic heterocycles. The zero-order valence-corrected chi connectivity index (χ0v) is 14.3. The highest BCUT2D eigenvalue weighted by Crippen LogP contribution is 2.24. The fourth-order valence-electron chi connectivity index (χ4n) is 2.95. The van der Waals surface area contributed by atoms with Crippen LogP contribution in [0.1, 0.15) is 23.2 Å². The number of carbonyl (C=O) groups excluding carboxylic acids is 2. The molecule has 1 atom stereocenters. The number of nitrogens with one attached hydrogen (secondary N) is 1.